The van der Waals surface area contributed by atoms with Gasteiger partial charge >= 0.3 is 5.97 Å². The zero-order valence-electron chi connectivity index (χ0n) is 9.12. The van der Waals surface area contributed by atoms with Crippen molar-refractivity contribution in [2.75, 3.05) is 0 Å². The summed E-state index contributed by atoms with van der Waals surface area (Å²) in [7, 11) is 0. The van der Waals surface area contributed by atoms with Crippen LogP contribution in [0.3, 0.4) is 0 Å². The van der Waals surface area contributed by atoms with Gasteiger partial charge in [-0.05, 0) is 31.1 Å². The summed E-state index contributed by atoms with van der Waals surface area (Å²) >= 11 is 0. The van der Waals surface area contributed by atoms with Gasteiger partial charge in [0.15, 0.2) is 0 Å². The molecule has 80 valence electrons. The lowest BCUT2D eigenvalue weighted by Gasteiger charge is -2.36. The molecule has 0 saturated heterocycles. The molecule has 0 radical (unpaired) electrons. The first-order valence-electron chi connectivity index (χ1n) is 5.48. The Morgan fingerprint density at radius 2 is 2.29 bits per heavy atom. The first-order chi connectivity index (χ1) is 6.60. The van der Waals surface area contributed by atoms with Crippen LogP contribution >= 0.6 is 0 Å². The largest absolute Gasteiger partial charge is 0.481 e. The van der Waals surface area contributed by atoms with Crippen LogP contribution in [-0.2, 0) is 4.79 Å². The molecule has 2 atom stereocenters. The molecular formula is C12H20O2. The summed E-state index contributed by atoms with van der Waals surface area (Å²) in [6.07, 6.45) is 9.02. The zero-order valence-corrected chi connectivity index (χ0v) is 9.12. The molecule has 2 unspecified atom stereocenters. The number of allylic oxidation sites excluding steroid dienone is 2. The summed E-state index contributed by atoms with van der Waals surface area (Å²) in [6, 6.07) is 0. The van der Waals surface area contributed by atoms with Gasteiger partial charge in [-0.15, -0.1) is 0 Å². The highest BCUT2D eigenvalue weighted by Crippen LogP contribution is 2.41. The molecule has 0 amide bonds. The molecule has 0 bridgehead atoms. The number of aliphatic carboxylic acids is 1. The van der Waals surface area contributed by atoms with E-state index in [1.165, 1.54) is 0 Å². The molecule has 1 N–H and O–H groups in total. The maximum absolute atomic E-state index is 11.2. The van der Waals surface area contributed by atoms with Crippen molar-refractivity contribution in [3.63, 3.8) is 0 Å². The van der Waals surface area contributed by atoms with Crippen molar-refractivity contribution in [2.45, 2.75) is 46.0 Å². The van der Waals surface area contributed by atoms with E-state index < -0.39 is 5.97 Å². The minimum absolute atomic E-state index is 0.0173. The normalized spacial score (nSPS) is 28.7. The Morgan fingerprint density at radius 3 is 2.71 bits per heavy atom. The minimum atomic E-state index is -0.621. The van der Waals surface area contributed by atoms with Crippen LogP contribution in [0, 0.1) is 11.3 Å². The predicted octanol–water partition coefficient (Wildman–Crippen LogP) is 3.23. The molecule has 0 aromatic carbocycles. The number of hydrogen-bond acceptors (Lipinski definition) is 1. The number of rotatable bonds is 4. The van der Waals surface area contributed by atoms with Crippen LogP contribution in [0.25, 0.3) is 0 Å². The average molecular weight is 196 g/mol. The highest BCUT2D eigenvalue weighted by Gasteiger charge is 2.37. The lowest BCUT2D eigenvalue weighted by atomic mass is 9.68. The van der Waals surface area contributed by atoms with E-state index >= 15 is 0 Å². The second kappa shape index (κ2) is 4.63. The highest BCUT2D eigenvalue weighted by atomic mass is 16.4. The summed E-state index contributed by atoms with van der Waals surface area (Å²) in [6.45, 7) is 4.17. The van der Waals surface area contributed by atoms with Crippen LogP contribution < -0.4 is 0 Å². The fourth-order valence-electron chi connectivity index (χ4n) is 2.36. The monoisotopic (exact) mass is 196 g/mol. The summed E-state index contributed by atoms with van der Waals surface area (Å²) in [5.74, 6) is -0.790. The molecule has 1 aliphatic carbocycles. The molecule has 0 aromatic heterocycles. The van der Waals surface area contributed by atoms with Gasteiger partial charge in [-0.2, -0.15) is 0 Å². The van der Waals surface area contributed by atoms with Crippen LogP contribution in [0.15, 0.2) is 12.2 Å². The van der Waals surface area contributed by atoms with E-state index in [4.69, 9.17) is 0 Å². The van der Waals surface area contributed by atoms with Crippen LogP contribution in [0.2, 0.25) is 0 Å². The smallest absolute Gasteiger partial charge is 0.307 e. The number of hydrogen-bond donors (Lipinski definition) is 1. The first kappa shape index (κ1) is 11.3. The maximum Gasteiger partial charge on any atom is 0.307 e. The van der Waals surface area contributed by atoms with E-state index in [2.05, 4.69) is 26.0 Å². The van der Waals surface area contributed by atoms with Crippen molar-refractivity contribution in [3.05, 3.63) is 12.2 Å². The molecule has 0 fully saturated rings. The third-order valence-electron chi connectivity index (χ3n) is 3.35. The van der Waals surface area contributed by atoms with Crippen LogP contribution in [-0.4, -0.2) is 11.1 Å². The quantitative estimate of drug-likeness (QED) is 0.701. The number of carboxylic acids is 1. The van der Waals surface area contributed by atoms with Gasteiger partial charge in [-0.1, -0.05) is 32.4 Å². The Kier molecular flexibility index (Phi) is 3.73. The standard InChI is InChI=1S/C12H20O2/c1-3-7-10(11(13)14)12(2)8-5-4-6-9-12/h4-5,10H,3,6-9H2,1-2H3,(H,13,14). The zero-order chi connectivity index (χ0) is 10.6. The highest BCUT2D eigenvalue weighted by molar-refractivity contribution is 5.71. The Hall–Kier alpha value is -0.790. The summed E-state index contributed by atoms with van der Waals surface area (Å²) in [4.78, 5) is 11.2. The van der Waals surface area contributed by atoms with Gasteiger partial charge in [-0.3, -0.25) is 4.79 Å². The van der Waals surface area contributed by atoms with Gasteiger partial charge in [-0.25, -0.2) is 0 Å². The molecule has 1 aliphatic rings. The third-order valence-corrected chi connectivity index (χ3v) is 3.35. The van der Waals surface area contributed by atoms with E-state index in [0.29, 0.717) is 0 Å². The van der Waals surface area contributed by atoms with Crippen molar-refractivity contribution in [2.24, 2.45) is 11.3 Å². The molecule has 2 nitrogen and oxygen atoms in total. The van der Waals surface area contributed by atoms with E-state index in [0.717, 1.165) is 32.1 Å². The SMILES string of the molecule is CCCC(C(=O)O)C1(C)CC=CCC1. The first-order valence-corrected chi connectivity index (χ1v) is 5.48. The van der Waals surface area contributed by atoms with E-state index in [9.17, 15) is 9.90 Å². The second-order valence-corrected chi connectivity index (χ2v) is 4.55. The number of carbonyl (C=O) groups is 1. The fourth-order valence-corrected chi connectivity index (χ4v) is 2.36. The fraction of sp³-hybridized carbons (Fsp3) is 0.750. The summed E-state index contributed by atoms with van der Waals surface area (Å²) in [5.41, 5.74) is -0.0173. The van der Waals surface area contributed by atoms with E-state index in [1.54, 1.807) is 0 Å². The van der Waals surface area contributed by atoms with Gasteiger partial charge in [0.05, 0.1) is 5.92 Å². The van der Waals surface area contributed by atoms with Crippen molar-refractivity contribution >= 4 is 5.97 Å². The van der Waals surface area contributed by atoms with Crippen molar-refractivity contribution in [1.29, 1.82) is 0 Å². The van der Waals surface area contributed by atoms with Gasteiger partial charge < -0.3 is 5.11 Å². The molecule has 0 aliphatic heterocycles. The van der Waals surface area contributed by atoms with Crippen molar-refractivity contribution in [3.8, 4) is 0 Å². The van der Waals surface area contributed by atoms with E-state index in [-0.39, 0.29) is 11.3 Å². The van der Waals surface area contributed by atoms with Gasteiger partial charge in [0.25, 0.3) is 0 Å². The Labute approximate surface area is 86.0 Å². The maximum atomic E-state index is 11.2. The van der Waals surface area contributed by atoms with Gasteiger partial charge in [0.2, 0.25) is 0 Å². The van der Waals surface area contributed by atoms with Crippen LogP contribution in [0.5, 0.6) is 0 Å². The van der Waals surface area contributed by atoms with Crippen LogP contribution in [0.4, 0.5) is 0 Å². The molecule has 2 heteroatoms. The third kappa shape index (κ3) is 2.37. The average Bonchev–Trinajstić information content (AvgIpc) is 2.14. The number of carboxylic acid groups (broad SMARTS) is 1. The van der Waals surface area contributed by atoms with Crippen molar-refractivity contribution < 1.29 is 9.90 Å². The van der Waals surface area contributed by atoms with Crippen LogP contribution in [0.1, 0.15) is 46.0 Å². The molecule has 0 heterocycles. The molecular weight excluding hydrogens is 176 g/mol. The molecule has 1 rings (SSSR count). The Morgan fingerprint density at radius 1 is 1.57 bits per heavy atom. The topological polar surface area (TPSA) is 37.3 Å². The lowest BCUT2D eigenvalue weighted by Crippen LogP contribution is -2.34. The molecule has 14 heavy (non-hydrogen) atoms. The lowest BCUT2D eigenvalue weighted by molar-refractivity contribution is -0.147. The molecule has 0 spiro atoms. The summed E-state index contributed by atoms with van der Waals surface area (Å²) in [5, 5.41) is 9.20. The molecule has 0 saturated carbocycles. The van der Waals surface area contributed by atoms with Gasteiger partial charge in [0.1, 0.15) is 0 Å². The minimum Gasteiger partial charge on any atom is -0.481 e. The molecule has 0 aromatic rings. The second-order valence-electron chi connectivity index (χ2n) is 4.55. The van der Waals surface area contributed by atoms with E-state index in [1.807, 2.05) is 0 Å². The Bertz CT molecular complexity index is 232. The van der Waals surface area contributed by atoms with Crippen molar-refractivity contribution in [1.82, 2.24) is 0 Å². The van der Waals surface area contributed by atoms with Gasteiger partial charge in [0, 0.05) is 0 Å². The predicted molar refractivity (Wildman–Crippen MR) is 57.1 cm³/mol. The summed E-state index contributed by atoms with van der Waals surface area (Å²) < 4.78 is 0. The Balaban J connectivity index is 2.74.